The van der Waals surface area contributed by atoms with Crippen molar-refractivity contribution in [2.45, 2.75) is 58.7 Å². The van der Waals surface area contributed by atoms with Gasteiger partial charge in [0.2, 0.25) is 0 Å². The third-order valence-corrected chi connectivity index (χ3v) is 7.36. The molecule has 40 heavy (non-hydrogen) atoms. The maximum absolute atomic E-state index is 12.0. The van der Waals surface area contributed by atoms with Crippen LogP contribution in [-0.4, -0.2) is 54.7 Å². The second-order valence-corrected chi connectivity index (χ2v) is 10.9. The molecule has 0 unspecified atom stereocenters. The molecule has 1 aromatic heterocycles. The summed E-state index contributed by atoms with van der Waals surface area (Å²) in [6.07, 6.45) is 0.00701. The number of fused-ring (bicyclic) bond motifs is 2. The van der Waals surface area contributed by atoms with E-state index in [0.29, 0.717) is 0 Å². The molecule has 4 aromatic rings. The Kier molecular flexibility index (Phi) is 8.54. The second-order valence-electron chi connectivity index (χ2n) is 10.9. The lowest BCUT2D eigenvalue weighted by atomic mass is 9.84. The Labute approximate surface area is 234 Å². The summed E-state index contributed by atoms with van der Waals surface area (Å²) >= 11 is 0. The fourth-order valence-corrected chi connectivity index (χ4v) is 5.54. The predicted molar refractivity (Wildman–Crippen MR) is 152 cm³/mol. The number of benzene rings is 3. The first kappa shape index (κ1) is 28.8. The van der Waals surface area contributed by atoms with Crippen molar-refractivity contribution in [2.24, 2.45) is 7.05 Å². The highest BCUT2D eigenvalue weighted by Crippen LogP contribution is 2.35. The van der Waals surface area contributed by atoms with E-state index in [2.05, 4.69) is 66.3 Å². The number of carboxylic acids is 1. The number of para-hydroxylation sites is 1. The zero-order valence-corrected chi connectivity index (χ0v) is 23.6. The Bertz CT molecular complexity index is 1530. The Morgan fingerprint density at radius 2 is 1.88 bits per heavy atom. The first-order valence-corrected chi connectivity index (χ1v) is 13.2. The zero-order chi connectivity index (χ0) is 29.0. The number of rotatable bonds is 6. The number of nitrogens with zero attached hydrogens (tertiary/aromatic N) is 4. The van der Waals surface area contributed by atoms with E-state index < -0.39 is 5.97 Å². The van der Waals surface area contributed by atoms with Gasteiger partial charge >= 0.3 is 5.97 Å². The minimum Gasteiger partial charge on any atom is -0.486 e. The lowest BCUT2D eigenvalue weighted by molar-refractivity contribution is -0.137. The SMILES string of the molecule is Cc1ccc([C@@H](CC(=O)O)c2ccc3c(nnn3C)c2C)cc1CN1Cc2ccccc2OC(C)(C)C1.O=CO. The van der Waals surface area contributed by atoms with Crippen molar-refractivity contribution in [1.82, 2.24) is 19.9 Å². The summed E-state index contributed by atoms with van der Waals surface area (Å²) in [7, 11) is 1.86. The molecule has 9 heteroatoms. The molecule has 2 N–H and O–H groups in total. The Morgan fingerprint density at radius 3 is 2.60 bits per heavy atom. The van der Waals surface area contributed by atoms with E-state index >= 15 is 0 Å². The largest absolute Gasteiger partial charge is 0.486 e. The average molecular weight is 545 g/mol. The molecule has 1 aliphatic rings. The summed E-state index contributed by atoms with van der Waals surface area (Å²) in [6, 6.07) is 18.6. The number of carbonyl (C=O) groups is 2. The van der Waals surface area contributed by atoms with Crippen LogP contribution in [-0.2, 0) is 29.7 Å². The Morgan fingerprint density at radius 1 is 1.15 bits per heavy atom. The van der Waals surface area contributed by atoms with E-state index in [4.69, 9.17) is 14.6 Å². The van der Waals surface area contributed by atoms with E-state index in [-0.39, 0.29) is 24.4 Å². The molecule has 2 heterocycles. The van der Waals surface area contributed by atoms with Crippen LogP contribution >= 0.6 is 0 Å². The minimum atomic E-state index is -0.825. The van der Waals surface area contributed by atoms with Gasteiger partial charge in [0.25, 0.3) is 6.47 Å². The summed E-state index contributed by atoms with van der Waals surface area (Å²) in [5.41, 5.74) is 7.94. The average Bonchev–Trinajstić information content (AvgIpc) is 3.20. The minimum absolute atomic E-state index is 0.00701. The van der Waals surface area contributed by atoms with E-state index in [0.717, 1.165) is 53.1 Å². The summed E-state index contributed by atoms with van der Waals surface area (Å²) in [5.74, 6) is -0.168. The van der Waals surface area contributed by atoms with Gasteiger partial charge in [0.15, 0.2) is 0 Å². The molecular weight excluding hydrogens is 508 g/mol. The van der Waals surface area contributed by atoms with Gasteiger partial charge in [0, 0.05) is 38.2 Å². The van der Waals surface area contributed by atoms with Crippen LogP contribution in [0.1, 0.15) is 59.6 Å². The summed E-state index contributed by atoms with van der Waals surface area (Å²) in [6.45, 7) is 10.5. The molecule has 3 aromatic carbocycles. The molecule has 0 saturated heterocycles. The molecule has 0 saturated carbocycles. The van der Waals surface area contributed by atoms with Gasteiger partial charge in [-0.05, 0) is 67.6 Å². The molecule has 0 spiro atoms. The monoisotopic (exact) mass is 544 g/mol. The van der Waals surface area contributed by atoms with Gasteiger partial charge in [0.1, 0.15) is 16.9 Å². The van der Waals surface area contributed by atoms with Crippen LogP contribution in [0.5, 0.6) is 5.75 Å². The Hall–Kier alpha value is -4.24. The third-order valence-electron chi connectivity index (χ3n) is 7.36. The van der Waals surface area contributed by atoms with Gasteiger partial charge in [-0.3, -0.25) is 14.5 Å². The van der Waals surface area contributed by atoms with Crippen molar-refractivity contribution in [3.05, 3.63) is 88.0 Å². The quantitative estimate of drug-likeness (QED) is 0.323. The van der Waals surface area contributed by atoms with Gasteiger partial charge in [-0.15, -0.1) is 5.10 Å². The fourth-order valence-electron chi connectivity index (χ4n) is 5.54. The fraction of sp³-hybridized carbons (Fsp3) is 0.355. The molecule has 0 radical (unpaired) electrons. The topological polar surface area (TPSA) is 118 Å². The second kappa shape index (κ2) is 11.9. The summed E-state index contributed by atoms with van der Waals surface area (Å²) in [5, 5.41) is 25.2. The van der Waals surface area contributed by atoms with Gasteiger partial charge < -0.3 is 14.9 Å². The molecule has 9 nitrogen and oxygen atoms in total. The van der Waals surface area contributed by atoms with Crippen molar-refractivity contribution in [3.8, 4) is 5.75 Å². The third kappa shape index (κ3) is 6.31. The highest BCUT2D eigenvalue weighted by Gasteiger charge is 2.29. The van der Waals surface area contributed by atoms with Crippen LogP contribution in [0.3, 0.4) is 0 Å². The summed E-state index contributed by atoms with van der Waals surface area (Å²) in [4.78, 5) is 22.8. The van der Waals surface area contributed by atoms with E-state index in [1.54, 1.807) is 4.68 Å². The first-order chi connectivity index (χ1) is 19.0. The van der Waals surface area contributed by atoms with Crippen LogP contribution in [0.2, 0.25) is 0 Å². The number of ether oxygens (including phenoxy) is 1. The number of aliphatic carboxylic acids is 1. The normalized spacial score (nSPS) is 15.2. The lowest BCUT2D eigenvalue weighted by Crippen LogP contribution is -2.40. The van der Waals surface area contributed by atoms with E-state index in [9.17, 15) is 9.90 Å². The number of aromatic nitrogens is 3. The predicted octanol–water partition coefficient (Wildman–Crippen LogP) is 5.07. The number of carboxylic acid groups (broad SMARTS) is 2. The van der Waals surface area contributed by atoms with E-state index in [1.165, 1.54) is 16.7 Å². The molecule has 1 aliphatic heterocycles. The molecule has 0 fully saturated rings. The highest BCUT2D eigenvalue weighted by molar-refractivity contribution is 5.80. The van der Waals surface area contributed by atoms with Crippen LogP contribution < -0.4 is 4.74 Å². The standard InChI is InChI=1S/C30H34N4O3.CH2O2/c1-19-10-11-21(25(15-28(35)36)24-12-13-26-29(20(24)2)31-32-33(26)5)14-23(19)17-34-16-22-8-6-7-9-27(22)37-30(3,4)18-34;2-1-3/h6-14,25H,15-18H2,1-5H3,(H,35,36);1H,(H,2,3)/t25-;/m1./s1. The molecule has 1 atom stereocenters. The number of aryl methyl sites for hydroxylation is 3. The van der Waals surface area contributed by atoms with Crippen molar-refractivity contribution < 1.29 is 24.5 Å². The van der Waals surface area contributed by atoms with Crippen LogP contribution in [0.25, 0.3) is 11.0 Å². The number of hydrogen-bond donors (Lipinski definition) is 2. The van der Waals surface area contributed by atoms with Gasteiger partial charge in [0.05, 0.1) is 11.9 Å². The van der Waals surface area contributed by atoms with Gasteiger partial charge in [-0.25, -0.2) is 4.68 Å². The van der Waals surface area contributed by atoms with Crippen LogP contribution in [0, 0.1) is 13.8 Å². The van der Waals surface area contributed by atoms with Gasteiger partial charge in [-0.2, -0.15) is 0 Å². The Balaban J connectivity index is 0.00000118. The van der Waals surface area contributed by atoms with Crippen molar-refractivity contribution in [3.63, 3.8) is 0 Å². The highest BCUT2D eigenvalue weighted by atomic mass is 16.5. The molecule has 0 amide bonds. The molecule has 5 rings (SSSR count). The molecular formula is C31H36N4O5. The molecule has 0 aliphatic carbocycles. The summed E-state index contributed by atoms with van der Waals surface area (Å²) < 4.78 is 8.08. The van der Waals surface area contributed by atoms with Crippen molar-refractivity contribution >= 4 is 23.5 Å². The van der Waals surface area contributed by atoms with Gasteiger partial charge in [-0.1, -0.05) is 47.7 Å². The van der Waals surface area contributed by atoms with Crippen molar-refractivity contribution in [2.75, 3.05) is 6.54 Å². The lowest BCUT2D eigenvalue weighted by Gasteiger charge is -2.30. The van der Waals surface area contributed by atoms with E-state index in [1.807, 2.05) is 38.2 Å². The van der Waals surface area contributed by atoms with Crippen LogP contribution in [0.15, 0.2) is 54.6 Å². The van der Waals surface area contributed by atoms with Crippen molar-refractivity contribution in [1.29, 1.82) is 0 Å². The maximum Gasteiger partial charge on any atom is 0.304 e. The zero-order valence-electron chi connectivity index (χ0n) is 23.6. The first-order valence-electron chi connectivity index (χ1n) is 13.2. The maximum atomic E-state index is 12.0. The molecule has 210 valence electrons. The number of hydrogen-bond acceptors (Lipinski definition) is 6. The smallest absolute Gasteiger partial charge is 0.304 e. The van der Waals surface area contributed by atoms with Crippen LogP contribution in [0.4, 0.5) is 0 Å². The molecule has 0 bridgehead atoms.